The molecule has 2 aromatic rings. The third-order valence-electron chi connectivity index (χ3n) is 5.23. The molecule has 126 valence electrons. The van der Waals surface area contributed by atoms with E-state index >= 15 is 0 Å². The summed E-state index contributed by atoms with van der Waals surface area (Å²) in [6.45, 7) is 2.30. The third-order valence-corrected chi connectivity index (χ3v) is 5.23. The average molecular weight is 325 g/mol. The number of H-pyrrole nitrogens is 1. The fraction of sp³-hybridized carbons (Fsp3) is 0.474. The fourth-order valence-electron chi connectivity index (χ4n) is 3.97. The van der Waals surface area contributed by atoms with Gasteiger partial charge in [0.1, 0.15) is 5.75 Å². The van der Waals surface area contributed by atoms with E-state index in [9.17, 15) is 4.79 Å². The van der Waals surface area contributed by atoms with Gasteiger partial charge in [0, 0.05) is 25.2 Å². The van der Waals surface area contributed by atoms with E-state index < -0.39 is 0 Å². The van der Waals surface area contributed by atoms with Gasteiger partial charge in [-0.05, 0) is 48.9 Å². The van der Waals surface area contributed by atoms with Crippen LogP contribution in [0.2, 0.25) is 0 Å². The van der Waals surface area contributed by atoms with Crippen LogP contribution >= 0.6 is 0 Å². The first-order valence-electron chi connectivity index (χ1n) is 8.86. The molecule has 5 heteroatoms. The van der Waals surface area contributed by atoms with Gasteiger partial charge in [-0.3, -0.25) is 9.69 Å². The van der Waals surface area contributed by atoms with Crippen LogP contribution in [-0.2, 0) is 12.8 Å². The molecule has 5 nitrogen and oxygen atoms in total. The maximum atomic E-state index is 11.3. The SMILES string of the molecule is O=c1cc(Oc2ccc3c(c2)CCN(C2CCCC2)CC3)cn[nH]1. The van der Waals surface area contributed by atoms with E-state index in [1.165, 1.54) is 49.1 Å². The van der Waals surface area contributed by atoms with Crippen LogP contribution in [0.5, 0.6) is 11.5 Å². The van der Waals surface area contributed by atoms with Crippen molar-refractivity contribution in [2.45, 2.75) is 44.6 Å². The van der Waals surface area contributed by atoms with Crippen LogP contribution in [-0.4, -0.2) is 34.2 Å². The lowest BCUT2D eigenvalue weighted by molar-refractivity contribution is 0.208. The van der Waals surface area contributed by atoms with E-state index in [4.69, 9.17) is 4.74 Å². The van der Waals surface area contributed by atoms with E-state index in [1.54, 1.807) is 0 Å². The van der Waals surface area contributed by atoms with E-state index in [0.717, 1.165) is 37.7 Å². The monoisotopic (exact) mass is 325 g/mol. The Morgan fingerprint density at radius 1 is 1.04 bits per heavy atom. The smallest absolute Gasteiger partial charge is 0.267 e. The van der Waals surface area contributed by atoms with Crippen molar-refractivity contribution >= 4 is 0 Å². The zero-order chi connectivity index (χ0) is 16.4. The van der Waals surface area contributed by atoms with Gasteiger partial charge >= 0.3 is 0 Å². The van der Waals surface area contributed by atoms with Crippen molar-refractivity contribution < 1.29 is 4.74 Å². The summed E-state index contributed by atoms with van der Waals surface area (Å²) in [5, 5.41) is 6.12. The predicted octanol–water partition coefficient (Wildman–Crippen LogP) is 2.91. The summed E-state index contributed by atoms with van der Waals surface area (Å²) in [5.74, 6) is 1.25. The van der Waals surface area contributed by atoms with Crippen molar-refractivity contribution in [2.75, 3.05) is 13.1 Å². The van der Waals surface area contributed by atoms with Crippen LogP contribution in [0.25, 0.3) is 0 Å². The quantitative estimate of drug-likeness (QED) is 0.943. The molecule has 1 N–H and O–H groups in total. The van der Waals surface area contributed by atoms with Crippen molar-refractivity contribution in [1.82, 2.24) is 15.1 Å². The molecular weight excluding hydrogens is 302 g/mol. The molecule has 0 unspecified atom stereocenters. The molecule has 0 amide bonds. The number of nitrogens with one attached hydrogen (secondary N) is 1. The summed E-state index contributed by atoms with van der Waals surface area (Å²) in [5.41, 5.74) is 2.53. The summed E-state index contributed by atoms with van der Waals surface area (Å²) in [4.78, 5) is 14.0. The number of aromatic nitrogens is 2. The van der Waals surface area contributed by atoms with Gasteiger partial charge in [-0.1, -0.05) is 18.9 Å². The van der Waals surface area contributed by atoms with Crippen LogP contribution in [0.15, 0.2) is 35.3 Å². The molecule has 4 rings (SSSR count). The van der Waals surface area contributed by atoms with Crippen molar-refractivity contribution in [3.63, 3.8) is 0 Å². The lowest BCUT2D eigenvalue weighted by Gasteiger charge is -2.26. The third kappa shape index (κ3) is 3.36. The molecular formula is C19H23N3O2. The minimum absolute atomic E-state index is 0.255. The minimum atomic E-state index is -0.255. The molecule has 1 aliphatic carbocycles. The van der Waals surface area contributed by atoms with Crippen molar-refractivity contribution in [2.24, 2.45) is 0 Å². The number of hydrogen-bond donors (Lipinski definition) is 1. The Bertz CT molecular complexity index is 765. The fourth-order valence-corrected chi connectivity index (χ4v) is 3.97. The topological polar surface area (TPSA) is 58.2 Å². The Labute approximate surface area is 141 Å². The van der Waals surface area contributed by atoms with E-state index in [0.29, 0.717) is 5.75 Å². The van der Waals surface area contributed by atoms with Gasteiger partial charge < -0.3 is 4.74 Å². The van der Waals surface area contributed by atoms with Gasteiger partial charge in [0.05, 0.1) is 6.20 Å². The lowest BCUT2D eigenvalue weighted by atomic mass is 10.0. The number of benzene rings is 1. The number of fused-ring (bicyclic) bond motifs is 1. The zero-order valence-electron chi connectivity index (χ0n) is 13.8. The first-order valence-corrected chi connectivity index (χ1v) is 8.86. The molecule has 24 heavy (non-hydrogen) atoms. The molecule has 2 aliphatic rings. The summed E-state index contributed by atoms with van der Waals surface area (Å²) in [7, 11) is 0. The molecule has 0 radical (unpaired) electrons. The second-order valence-electron chi connectivity index (χ2n) is 6.79. The Balaban J connectivity index is 1.49. The standard InChI is InChI=1S/C19H23N3O2/c23-19-12-18(13-20-21-19)24-17-6-5-14-7-9-22(10-8-15(14)11-17)16-3-1-2-4-16/h5-6,11-13,16H,1-4,7-10H2,(H,21,23). The second-order valence-corrected chi connectivity index (χ2v) is 6.79. The van der Waals surface area contributed by atoms with Gasteiger partial charge in [-0.25, -0.2) is 5.10 Å². The van der Waals surface area contributed by atoms with Gasteiger partial charge in [0.15, 0.2) is 5.75 Å². The molecule has 2 heterocycles. The van der Waals surface area contributed by atoms with Crippen LogP contribution in [0.3, 0.4) is 0 Å². The van der Waals surface area contributed by atoms with Gasteiger partial charge in [0.2, 0.25) is 0 Å². The maximum absolute atomic E-state index is 11.3. The molecule has 0 bridgehead atoms. The van der Waals surface area contributed by atoms with Gasteiger partial charge in [-0.15, -0.1) is 0 Å². The highest BCUT2D eigenvalue weighted by molar-refractivity contribution is 5.38. The minimum Gasteiger partial charge on any atom is -0.455 e. The highest BCUT2D eigenvalue weighted by Crippen LogP contribution is 2.28. The summed E-state index contributed by atoms with van der Waals surface area (Å²) >= 11 is 0. The number of nitrogens with zero attached hydrogens (tertiary/aromatic N) is 2. The Morgan fingerprint density at radius 2 is 1.83 bits per heavy atom. The largest absolute Gasteiger partial charge is 0.455 e. The summed E-state index contributed by atoms with van der Waals surface area (Å²) in [6.07, 6.45) is 9.19. The van der Waals surface area contributed by atoms with Gasteiger partial charge in [-0.2, -0.15) is 5.10 Å². The van der Waals surface area contributed by atoms with Crippen molar-refractivity contribution in [1.29, 1.82) is 0 Å². The van der Waals surface area contributed by atoms with Crippen LogP contribution in [0, 0.1) is 0 Å². The maximum Gasteiger partial charge on any atom is 0.267 e. The zero-order valence-corrected chi connectivity index (χ0v) is 13.8. The molecule has 1 saturated carbocycles. The predicted molar refractivity (Wildman–Crippen MR) is 92.6 cm³/mol. The van der Waals surface area contributed by atoms with Gasteiger partial charge in [0.25, 0.3) is 5.56 Å². The number of aromatic amines is 1. The van der Waals surface area contributed by atoms with E-state index in [1.807, 2.05) is 6.07 Å². The highest BCUT2D eigenvalue weighted by atomic mass is 16.5. The number of rotatable bonds is 3. The van der Waals surface area contributed by atoms with Crippen molar-refractivity contribution in [3.8, 4) is 11.5 Å². The molecule has 1 aliphatic heterocycles. The molecule has 1 fully saturated rings. The number of hydrogen-bond acceptors (Lipinski definition) is 4. The molecule has 0 saturated heterocycles. The first-order chi connectivity index (χ1) is 11.8. The van der Waals surface area contributed by atoms with Crippen LogP contribution < -0.4 is 10.3 Å². The molecule has 1 aromatic carbocycles. The Hall–Kier alpha value is -2.14. The first kappa shape index (κ1) is 15.4. The normalized spacial score (nSPS) is 19.0. The summed E-state index contributed by atoms with van der Waals surface area (Å²) in [6, 6.07) is 8.49. The van der Waals surface area contributed by atoms with Crippen LogP contribution in [0.1, 0.15) is 36.8 Å². The second kappa shape index (κ2) is 6.77. The highest BCUT2D eigenvalue weighted by Gasteiger charge is 2.24. The Kier molecular flexibility index (Phi) is 4.34. The lowest BCUT2D eigenvalue weighted by Crippen LogP contribution is -2.35. The average Bonchev–Trinajstić information content (AvgIpc) is 3.03. The molecule has 1 aromatic heterocycles. The molecule has 0 atom stereocenters. The Morgan fingerprint density at radius 3 is 2.62 bits per heavy atom. The number of ether oxygens (including phenoxy) is 1. The van der Waals surface area contributed by atoms with E-state index in [-0.39, 0.29) is 5.56 Å². The van der Waals surface area contributed by atoms with Crippen LogP contribution in [0.4, 0.5) is 0 Å². The molecule has 0 spiro atoms. The van der Waals surface area contributed by atoms with Crippen molar-refractivity contribution in [3.05, 3.63) is 51.9 Å². The summed E-state index contributed by atoms with van der Waals surface area (Å²) < 4.78 is 5.80. The van der Waals surface area contributed by atoms with E-state index in [2.05, 4.69) is 27.2 Å².